The number of hydrogen-bond acceptors (Lipinski definition) is 2. The van der Waals surface area contributed by atoms with Crippen LogP contribution in [-0.4, -0.2) is 21.6 Å². The molecule has 0 bridgehead atoms. The van der Waals surface area contributed by atoms with Crippen LogP contribution in [0.1, 0.15) is 4.79 Å². The maximum atomic E-state index is 13.5. The number of allylic oxidation sites excluding steroid dienone is 1. The molecule has 4 nitrogen and oxygen atoms in total. The Morgan fingerprint density at radius 3 is 2.71 bits per heavy atom. The highest BCUT2D eigenvalue weighted by atomic mass is 19.1. The zero-order chi connectivity index (χ0) is 12.4. The third-order valence-corrected chi connectivity index (χ3v) is 2.27. The summed E-state index contributed by atoms with van der Waals surface area (Å²) >= 11 is 0. The number of nitrogens with zero attached hydrogens (tertiary/aromatic N) is 1. The van der Waals surface area contributed by atoms with Crippen LogP contribution in [0.4, 0.5) is 4.39 Å². The van der Waals surface area contributed by atoms with Crippen LogP contribution >= 0.6 is 0 Å². The van der Waals surface area contributed by atoms with Crippen molar-refractivity contribution in [2.45, 2.75) is 0 Å². The van der Waals surface area contributed by atoms with Gasteiger partial charge in [0.1, 0.15) is 5.82 Å². The molecule has 0 aliphatic rings. The molecule has 2 rings (SSSR count). The average Bonchev–Trinajstić information content (AvgIpc) is 2.71. The highest BCUT2D eigenvalue weighted by Crippen LogP contribution is 2.18. The average molecular weight is 233 g/mol. The fourth-order valence-electron chi connectivity index (χ4n) is 1.56. The molecule has 0 aliphatic carbocycles. The number of carboxylic acids is 1. The van der Waals surface area contributed by atoms with Crippen LogP contribution in [0.25, 0.3) is 10.9 Å². The van der Waals surface area contributed by atoms with Crippen molar-refractivity contribution in [2.24, 2.45) is 0 Å². The molecule has 17 heavy (non-hydrogen) atoms. The molecule has 0 atom stereocenters. The van der Waals surface area contributed by atoms with Crippen LogP contribution in [0.2, 0.25) is 0 Å². The summed E-state index contributed by atoms with van der Waals surface area (Å²) in [4.78, 5) is 21.9. The van der Waals surface area contributed by atoms with E-state index in [2.05, 4.69) is 0 Å². The maximum absolute atomic E-state index is 13.5. The van der Waals surface area contributed by atoms with Gasteiger partial charge in [-0.25, -0.2) is 9.18 Å². The smallest absolute Gasteiger partial charge is 0.328 e. The number of rotatable bonds is 2. The molecule has 2 aromatic rings. The first-order chi connectivity index (χ1) is 8.09. The van der Waals surface area contributed by atoms with Crippen LogP contribution in [0.15, 0.2) is 42.6 Å². The van der Waals surface area contributed by atoms with Crippen LogP contribution in [0.3, 0.4) is 0 Å². The van der Waals surface area contributed by atoms with E-state index in [-0.39, 0.29) is 5.52 Å². The monoisotopic (exact) mass is 233 g/mol. The summed E-state index contributed by atoms with van der Waals surface area (Å²) in [7, 11) is 0. The maximum Gasteiger partial charge on any atom is 0.328 e. The molecule has 1 aromatic carbocycles. The standard InChI is InChI=1S/C12H8FNO3/c13-9-3-1-2-8-6-7-14(12(8)9)10(15)4-5-11(16)17/h1-7H,(H,16,17)/b5-4+. The molecule has 0 aliphatic heterocycles. The van der Waals surface area contributed by atoms with Gasteiger partial charge in [0.05, 0.1) is 5.52 Å². The first kappa shape index (κ1) is 11.1. The Kier molecular flexibility index (Phi) is 2.74. The van der Waals surface area contributed by atoms with E-state index in [4.69, 9.17) is 5.11 Å². The second-order valence-electron chi connectivity index (χ2n) is 3.37. The summed E-state index contributed by atoms with van der Waals surface area (Å²) in [5.74, 6) is -2.35. The van der Waals surface area contributed by atoms with Crippen LogP contribution in [0, 0.1) is 5.82 Å². The fraction of sp³-hybridized carbons (Fsp3) is 0. The second kappa shape index (κ2) is 4.21. The van der Waals surface area contributed by atoms with Gasteiger partial charge in [0.15, 0.2) is 0 Å². The molecular formula is C12H8FNO3. The Bertz CT molecular complexity index is 628. The van der Waals surface area contributed by atoms with Crippen molar-refractivity contribution in [2.75, 3.05) is 0 Å². The number of fused-ring (bicyclic) bond motifs is 1. The molecule has 0 saturated carbocycles. The van der Waals surface area contributed by atoms with Gasteiger partial charge >= 0.3 is 5.97 Å². The normalized spacial score (nSPS) is 11.1. The molecule has 0 saturated heterocycles. The molecule has 0 fully saturated rings. The summed E-state index contributed by atoms with van der Waals surface area (Å²) in [5.41, 5.74) is 0.146. The largest absolute Gasteiger partial charge is 0.478 e. The SMILES string of the molecule is O=C(O)/C=C/C(=O)n1ccc2cccc(F)c21. The van der Waals surface area contributed by atoms with Gasteiger partial charge in [0.25, 0.3) is 5.91 Å². The van der Waals surface area contributed by atoms with Gasteiger partial charge in [-0.05, 0) is 12.1 Å². The summed E-state index contributed by atoms with van der Waals surface area (Å²) in [6.45, 7) is 0. The lowest BCUT2D eigenvalue weighted by Gasteiger charge is -2.00. The third kappa shape index (κ3) is 2.08. The van der Waals surface area contributed by atoms with Gasteiger partial charge in [-0.3, -0.25) is 9.36 Å². The first-order valence-electron chi connectivity index (χ1n) is 4.80. The van der Waals surface area contributed by atoms with Gasteiger partial charge in [0.2, 0.25) is 0 Å². The molecular weight excluding hydrogens is 225 g/mol. The molecule has 5 heteroatoms. The Balaban J connectivity index is 2.49. The van der Waals surface area contributed by atoms with Gasteiger partial charge < -0.3 is 5.11 Å². The predicted octanol–water partition coefficient (Wildman–Crippen LogP) is 2.06. The van der Waals surface area contributed by atoms with Crippen molar-refractivity contribution < 1.29 is 19.1 Å². The highest BCUT2D eigenvalue weighted by molar-refractivity contribution is 6.00. The lowest BCUT2D eigenvalue weighted by molar-refractivity contribution is -0.131. The van der Waals surface area contributed by atoms with Gasteiger partial charge in [-0.1, -0.05) is 12.1 Å². The van der Waals surface area contributed by atoms with Crippen LogP contribution < -0.4 is 0 Å². The molecule has 1 aromatic heterocycles. The molecule has 1 heterocycles. The number of halogens is 1. The quantitative estimate of drug-likeness (QED) is 0.807. The minimum absolute atomic E-state index is 0.146. The first-order valence-corrected chi connectivity index (χ1v) is 4.80. The molecule has 0 amide bonds. The zero-order valence-electron chi connectivity index (χ0n) is 8.63. The Labute approximate surface area is 95.6 Å². The molecule has 0 unspecified atom stereocenters. The summed E-state index contributed by atoms with van der Waals surface area (Å²) in [5, 5.41) is 8.99. The Morgan fingerprint density at radius 1 is 1.24 bits per heavy atom. The molecule has 0 radical (unpaired) electrons. The summed E-state index contributed by atoms with van der Waals surface area (Å²) in [6, 6.07) is 6.04. The van der Waals surface area contributed by atoms with Crippen molar-refractivity contribution in [1.82, 2.24) is 4.57 Å². The number of carbonyl (C=O) groups is 2. The number of carbonyl (C=O) groups excluding carboxylic acids is 1. The van der Waals surface area contributed by atoms with Crippen LogP contribution in [-0.2, 0) is 4.79 Å². The van der Waals surface area contributed by atoms with Crippen molar-refractivity contribution >= 4 is 22.8 Å². The summed E-state index contributed by atoms with van der Waals surface area (Å²) < 4.78 is 14.6. The molecule has 0 spiro atoms. The number of carboxylic acid groups (broad SMARTS) is 1. The lowest BCUT2D eigenvalue weighted by Crippen LogP contribution is -2.07. The van der Waals surface area contributed by atoms with E-state index < -0.39 is 17.7 Å². The zero-order valence-corrected chi connectivity index (χ0v) is 8.63. The number of aromatic nitrogens is 1. The topological polar surface area (TPSA) is 59.3 Å². The minimum Gasteiger partial charge on any atom is -0.478 e. The Morgan fingerprint density at radius 2 is 2.00 bits per heavy atom. The lowest BCUT2D eigenvalue weighted by atomic mass is 10.2. The third-order valence-electron chi connectivity index (χ3n) is 2.27. The van der Waals surface area contributed by atoms with E-state index >= 15 is 0 Å². The number of para-hydroxylation sites is 1. The van der Waals surface area contributed by atoms with Gasteiger partial charge in [-0.2, -0.15) is 0 Å². The van der Waals surface area contributed by atoms with E-state index in [9.17, 15) is 14.0 Å². The number of benzene rings is 1. The van der Waals surface area contributed by atoms with E-state index in [0.717, 1.165) is 16.7 Å². The van der Waals surface area contributed by atoms with Crippen molar-refractivity contribution in [1.29, 1.82) is 0 Å². The van der Waals surface area contributed by atoms with Crippen molar-refractivity contribution in [3.63, 3.8) is 0 Å². The molecule has 1 N–H and O–H groups in total. The predicted molar refractivity (Wildman–Crippen MR) is 59.3 cm³/mol. The van der Waals surface area contributed by atoms with E-state index in [1.807, 2.05) is 0 Å². The number of hydrogen-bond donors (Lipinski definition) is 1. The van der Waals surface area contributed by atoms with Crippen LogP contribution in [0.5, 0.6) is 0 Å². The van der Waals surface area contributed by atoms with E-state index in [1.54, 1.807) is 18.2 Å². The van der Waals surface area contributed by atoms with E-state index in [0.29, 0.717) is 5.39 Å². The van der Waals surface area contributed by atoms with Crippen molar-refractivity contribution in [3.8, 4) is 0 Å². The number of aliphatic carboxylic acids is 1. The fourth-order valence-corrected chi connectivity index (χ4v) is 1.56. The summed E-state index contributed by atoms with van der Waals surface area (Å²) in [6.07, 6.45) is 3.01. The van der Waals surface area contributed by atoms with Gasteiger partial charge in [-0.15, -0.1) is 0 Å². The highest BCUT2D eigenvalue weighted by Gasteiger charge is 2.10. The minimum atomic E-state index is -1.23. The molecule has 86 valence electrons. The second-order valence-corrected chi connectivity index (χ2v) is 3.37. The Hall–Kier alpha value is -2.43. The van der Waals surface area contributed by atoms with Gasteiger partial charge in [0, 0.05) is 23.7 Å². The van der Waals surface area contributed by atoms with E-state index in [1.165, 1.54) is 12.3 Å². The van der Waals surface area contributed by atoms with Crippen molar-refractivity contribution in [3.05, 3.63) is 48.4 Å².